The molecule has 2 rings (SSSR count). The molecular weight excluding hydrogens is 268 g/mol. The highest BCUT2D eigenvalue weighted by molar-refractivity contribution is 5.88. The van der Waals surface area contributed by atoms with E-state index < -0.39 is 5.97 Å². The van der Waals surface area contributed by atoms with Crippen LogP contribution < -0.4 is 10.1 Å². The van der Waals surface area contributed by atoms with Gasteiger partial charge < -0.3 is 15.2 Å². The molecule has 2 aromatic rings. The summed E-state index contributed by atoms with van der Waals surface area (Å²) in [5.74, 6) is -0.300. The molecule has 0 amide bonds. The number of carboxylic acid groups (broad SMARTS) is 1. The molecule has 2 N–H and O–H groups in total. The second-order valence-corrected chi connectivity index (χ2v) is 4.33. The van der Waals surface area contributed by atoms with Crippen molar-refractivity contribution in [3.05, 3.63) is 59.7 Å². The summed E-state index contributed by atoms with van der Waals surface area (Å²) in [6, 6.07) is 15.9. The first-order chi connectivity index (χ1) is 10.2. The van der Waals surface area contributed by atoms with E-state index in [1.54, 1.807) is 30.3 Å². The summed E-state index contributed by atoms with van der Waals surface area (Å²) in [7, 11) is 0. The Morgan fingerprint density at radius 1 is 1.24 bits per heavy atom. The lowest BCUT2D eigenvalue weighted by molar-refractivity contribution is 0.0697. The number of anilines is 1. The van der Waals surface area contributed by atoms with Gasteiger partial charge in [-0.25, -0.2) is 4.79 Å². The molecule has 0 heterocycles. The summed E-state index contributed by atoms with van der Waals surface area (Å²) in [6.07, 6.45) is 0. The van der Waals surface area contributed by atoms with Gasteiger partial charge in [-0.15, -0.1) is 0 Å². The van der Waals surface area contributed by atoms with E-state index in [4.69, 9.17) is 15.1 Å². The Morgan fingerprint density at radius 2 is 2.00 bits per heavy atom. The Balaban J connectivity index is 1.95. The molecule has 21 heavy (non-hydrogen) atoms. The van der Waals surface area contributed by atoms with Crippen LogP contribution in [0.2, 0.25) is 0 Å². The fourth-order valence-corrected chi connectivity index (χ4v) is 1.79. The van der Waals surface area contributed by atoms with Crippen molar-refractivity contribution in [1.29, 1.82) is 5.26 Å². The maximum Gasteiger partial charge on any atom is 0.335 e. The molecule has 0 bridgehead atoms. The molecular formula is C16H14N2O3. The van der Waals surface area contributed by atoms with Crippen molar-refractivity contribution in [2.45, 2.75) is 6.54 Å². The summed E-state index contributed by atoms with van der Waals surface area (Å²) in [4.78, 5) is 10.9. The van der Waals surface area contributed by atoms with Gasteiger partial charge in [-0.05, 0) is 35.9 Å². The van der Waals surface area contributed by atoms with E-state index >= 15 is 0 Å². The molecule has 0 spiro atoms. The zero-order chi connectivity index (χ0) is 15.1. The number of aromatic carboxylic acids is 1. The standard InChI is InChI=1S/C16H14N2O3/c17-8-9-21-15-6-4-12(5-7-15)11-18-14-3-1-2-13(10-14)16(19)20/h1-7,10,18H,9,11H2,(H,19,20). The Labute approximate surface area is 122 Å². The van der Waals surface area contributed by atoms with Crippen LogP contribution in [-0.4, -0.2) is 17.7 Å². The van der Waals surface area contributed by atoms with E-state index in [1.807, 2.05) is 24.3 Å². The van der Waals surface area contributed by atoms with E-state index in [2.05, 4.69) is 5.32 Å². The lowest BCUT2D eigenvalue weighted by Crippen LogP contribution is -2.02. The number of carboxylic acids is 1. The molecule has 0 atom stereocenters. The summed E-state index contributed by atoms with van der Waals surface area (Å²) in [5.41, 5.74) is 2.03. The number of benzene rings is 2. The Kier molecular flexibility index (Phi) is 4.78. The SMILES string of the molecule is N#CCOc1ccc(CNc2cccc(C(=O)O)c2)cc1. The van der Waals surface area contributed by atoms with E-state index in [0.29, 0.717) is 12.3 Å². The lowest BCUT2D eigenvalue weighted by atomic mass is 10.2. The van der Waals surface area contributed by atoms with Crippen LogP contribution in [-0.2, 0) is 6.54 Å². The third-order valence-corrected chi connectivity index (χ3v) is 2.83. The number of hydrogen-bond acceptors (Lipinski definition) is 4. The summed E-state index contributed by atoms with van der Waals surface area (Å²) in [5, 5.41) is 20.5. The molecule has 0 aliphatic heterocycles. The minimum Gasteiger partial charge on any atom is -0.479 e. The first-order valence-electron chi connectivity index (χ1n) is 6.35. The van der Waals surface area contributed by atoms with Crippen LogP contribution in [0.15, 0.2) is 48.5 Å². The van der Waals surface area contributed by atoms with Crippen molar-refractivity contribution in [3.63, 3.8) is 0 Å². The van der Waals surface area contributed by atoms with Crippen molar-refractivity contribution in [2.75, 3.05) is 11.9 Å². The zero-order valence-electron chi connectivity index (χ0n) is 11.2. The average Bonchev–Trinajstić information content (AvgIpc) is 2.52. The maximum atomic E-state index is 10.9. The number of hydrogen-bond donors (Lipinski definition) is 2. The van der Waals surface area contributed by atoms with Crippen LogP contribution >= 0.6 is 0 Å². The number of ether oxygens (including phenoxy) is 1. The lowest BCUT2D eigenvalue weighted by Gasteiger charge is -2.08. The number of nitriles is 1. The highest BCUT2D eigenvalue weighted by Gasteiger charge is 2.03. The number of nitrogens with zero attached hydrogens (tertiary/aromatic N) is 1. The van der Waals surface area contributed by atoms with E-state index in [-0.39, 0.29) is 12.2 Å². The number of rotatable bonds is 6. The largest absolute Gasteiger partial charge is 0.479 e. The topological polar surface area (TPSA) is 82.3 Å². The third-order valence-electron chi connectivity index (χ3n) is 2.83. The van der Waals surface area contributed by atoms with Crippen molar-refractivity contribution < 1.29 is 14.6 Å². The summed E-state index contributed by atoms with van der Waals surface area (Å²) in [6.45, 7) is 0.598. The van der Waals surface area contributed by atoms with E-state index in [0.717, 1.165) is 11.3 Å². The van der Waals surface area contributed by atoms with Gasteiger partial charge in [0.25, 0.3) is 0 Å². The molecule has 0 aliphatic carbocycles. The minimum atomic E-state index is -0.947. The Morgan fingerprint density at radius 3 is 2.67 bits per heavy atom. The molecule has 5 nitrogen and oxygen atoms in total. The smallest absolute Gasteiger partial charge is 0.335 e. The molecule has 0 radical (unpaired) electrons. The van der Waals surface area contributed by atoms with Crippen LogP contribution in [0.1, 0.15) is 15.9 Å². The van der Waals surface area contributed by atoms with Gasteiger partial charge in [-0.3, -0.25) is 0 Å². The van der Waals surface area contributed by atoms with E-state index in [9.17, 15) is 4.79 Å². The molecule has 0 aromatic heterocycles. The number of carbonyl (C=O) groups is 1. The van der Waals surface area contributed by atoms with Crippen LogP contribution in [0.4, 0.5) is 5.69 Å². The predicted molar refractivity (Wildman–Crippen MR) is 78.3 cm³/mol. The van der Waals surface area contributed by atoms with Crippen LogP contribution in [0.3, 0.4) is 0 Å². The van der Waals surface area contributed by atoms with Gasteiger partial charge in [-0.1, -0.05) is 18.2 Å². The Hall–Kier alpha value is -3.00. The predicted octanol–water partition coefficient (Wildman–Crippen LogP) is 2.90. The second-order valence-electron chi connectivity index (χ2n) is 4.33. The van der Waals surface area contributed by atoms with Crippen LogP contribution in [0, 0.1) is 11.3 Å². The van der Waals surface area contributed by atoms with Crippen LogP contribution in [0.25, 0.3) is 0 Å². The molecule has 0 saturated heterocycles. The summed E-state index contributed by atoms with van der Waals surface area (Å²) >= 11 is 0. The van der Waals surface area contributed by atoms with Gasteiger partial charge in [-0.2, -0.15) is 5.26 Å². The van der Waals surface area contributed by atoms with E-state index in [1.165, 1.54) is 0 Å². The van der Waals surface area contributed by atoms with Crippen LogP contribution in [0.5, 0.6) is 5.75 Å². The van der Waals surface area contributed by atoms with Gasteiger partial charge in [0.05, 0.1) is 5.56 Å². The first kappa shape index (κ1) is 14.4. The molecule has 0 saturated carbocycles. The van der Waals surface area contributed by atoms with Crippen molar-refractivity contribution in [1.82, 2.24) is 0 Å². The van der Waals surface area contributed by atoms with Crippen molar-refractivity contribution in [3.8, 4) is 11.8 Å². The summed E-state index contributed by atoms with van der Waals surface area (Å²) < 4.78 is 5.17. The van der Waals surface area contributed by atoms with Crippen molar-refractivity contribution in [2.24, 2.45) is 0 Å². The molecule has 2 aromatic carbocycles. The molecule has 106 valence electrons. The average molecular weight is 282 g/mol. The monoisotopic (exact) mass is 282 g/mol. The fraction of sp³-hybridized carbons (Fsp3) is 0.125. The Bertz CT molecular complexity index is 660. The normalized spacial score (nSPS) is 9.67. The maximum absolute atomic E-state index is 10.9. The third kappa shape index (κ3) is 4.25. The zero-order valence-corrected chi connectivity index (χ0v) is 11.2. The number of nitrogens with one attached hydrogen (secondary N) is 1. The molecule has 0 aliphatic rings. The highest BCUT2D eigenvalue weighted by atomic mass is 16.5. The molecule has 0 fully saturated rings. The quantitative estimate of drug-likeness (QED) is 0.851. The van der Waals surface area contributed by atoms with Crippen molar-refractivity contribution >= 4 is 11.7 Å². The van der Waals surface area contributed by atoms with Gasteiger partial charge in [0.1, 0.15) is 11.8 Å². The first-order valence-corrected chi connectivity index (χ1v) is 6.35. The van der Waals surface area contributed by atoms with Gasteiger partial charge in [0.15, 0.2) is 6.61 Å². The fourth-order valence-electron chi connectivity index (χ4n) is 1.79. The van der Waals surface area contributed by atoms with Gasteiger partial charge in [0, 0.05) is 12.2 Å². The molecule has 0 unspecified atom stereocenters. The highest BCUT2D eigenvalue weighted by Crippen LogP contribution is 2.15. The van der Waals surface area contributed by atoms with Gasteiger partial charge in [0.2, 0.25) is 0 Å². The minimum absolute atomic E-state index is 0.0274. The second kappa shape index (κ2) is 6.96. The van der Waals surface area contributed by atoms with Gasteiger partial charge >= 0.3 is 5.97 Å². The molecule has 5 heteroatoms.